The zero-order chi connectivity index (χ0) is 15.8. The van der Waals surface area contributed by atoms with Crippen molar-refractivity contribution in [3.8, 4) is 11.8 Å². The molecule has 5 nitrogen and oxygen atoms in total. The number of carbonyl (C=O) groups is 1. The topological polar surface area (TPSA) is 75.8 Å². The molecular formula is C16H22N2O3. The number of hydrogen-bond donors (Lipinski definition) is 2. The molecule has 21 heavy (non-hydrogen) atoms. The average Bonchev–Trinajstić information content (AvgIpc) is 2.45. The standard InChI is InChI=1S/C16H22N2O3/c1-12-6-7-13(5-4-8-17)9-15(12)16(20)18(2)10-14(19)11-21-3/h6-7,9,14,19H,8,10-11,17H2,1-3H3. The maximum Gasteiger partial charge on any atom is 0.253 e. The smallest absolute Gasteiger partial charge is 0.253 e. The van der Waals surface area contributed by atoms with Gasteiger partial charge in [-0.15, -0.1) is 0 Å². The fourth-order valence-electron chi connectivity index (χ4n) is 1.93. The first-order valence-electron chi connectivity index (χ1n) is 6.71. The van der Waals surface area contributed by atoms with Gasteiger partial charge in [-0.05, 0) is 24.6 Å². The number of aryl methyl sites for hydroxylation is 1. The van der Waals surface area contributed by atoms with E-state index in [4.69, 9.17) is 10.5 Å². The molecule has 0 bridgehead atoms. The Labute approximate surface area is 125 Å². The maximum atomic E-state index is 12.4. The van der Waals surface area contributed by atoms with Crippen molar-refractivity contribution in [2.45, 2.75) is 13.0 Å². The molecule has 0 radical (unpaired) electrons. The molecule has 0 fully saturated rings. The molecule has 1 atom stereocenters. The Bertz CT molecular complexity index is 546. The summed E-state index contributed by atoms with van der Waals surface area (Å²) in [6.07, 6.45) is -0.704. The molecule has 114 valence electrons. The predicted molar refractivity (Wildman–Crippen MR) is 82.0 cm³/mol. The molecule has 1 aromatic carbocycles. The van der Waals surface area contributed by atoms with Gasteiger partial charge >= 0.3 is 0 Å². The van der Waals surface area contributed by atoms with E-state index in [1.165, 1.54) is 12.0 Å². The third kappa shape index (κ3) is 5.20. The van der Waals surface area contributed by atoms with Gasteiger partial charge in [0.25, 0.3) is 5.91 Å². The van der Waals surface area contributed by atoms with E-state index in [1.807, 2.05) is 19.1 Å². The van der Waals surface area contributed by atoms with Crippen molar-refractivity contribution in [2.24, 2.45) is 5.73 Å². The van der Waals surface area contributed by atoms with Gasteiger partial charge in [-0.3, -0.25) is 4.79 Å². The molecule has 1 aromatic rings. The Morgan fingerprint density at radius 1 is 1.52 bits per heavy atom. The highest BCUT2D eigenvalue weighted by Crippen LogP contribution is 2.13. The van der Waals surface area contributed by atoms with E-state index >= 15 is 0 Å². The highest BCUT2D eigenvalue weighted by atomic mass is 16.5. The van der Waals surface area contributed by atoms with Crippen molar-refractivity contribution in [1.29, 1.82) is 0 Å². The van der Waals surface area contributed by atoms with Crippen molar-refractivity contribution < 1.29 is 14.6 Å². The Morgan fingerprint density at radius 2 is 2.24 bits per heavy atom. The monoisotopic (exact) mass is 290 g/mol. The molecule has 0 aliphatic rings. The van der Waals surface area contributed by atoms with E-state index in [0.717, 1.165) is 11.1 Å². The Morgan fingerprint density at radius 3 is 2.86 bits per heavy atom. The fraction of sp³-hybridized carbons (Fsp3) is 0.438. The summed E-state index contributed by atoms with van der Waals surface area (Å²) in [6, 6.07) is 5.46. The summed E-state index contributed by atoms with van der Waals surface area (Å²) >= 11 is 0. The minimum Gasteiger partial charge on any atom is -0.389 e. The van der Waals surface area contributed by atoms with Gasteiger partial charge in [0.1, 0.15) is 0 Å². The number of carbonyl (C=O) groups excluding carboxylic acids is 1. The van der Waals surface area contributed by atoms with Crippen LogP contribution in [0.15, 0.2) is 18.2 Å². The highest BCUT2D eigenvalue weighted by molar-refractivity contribution is 5.95. The van der Waals surface area contributed by atoms with Crippen molar-refractivity contribution in [2.75, 3.05) is 33.9 Å². The minimum absolute atomic E-state index is 0.154. The van der Waals surface area contributed by atoms with E-state index in [-0.39, 0.29) is 25.6 Å². The molecule has 1 unspecified atom stereocenters. The Balaban J connectivity index is 2.90. The van der Waals surface area contributed by atoms with E-state index in [0.29, 0.717) is 5.56 Å². The van der Waals surface area contributed by atoms with Crippen molar-refractivity contribution in [1.82, 2.24) is 4.90 Å². The summed E-state index contributed by atoms with van der Waals surface area (Å²) < 4.78 is 4.86. The Hall–Kier alpha value is -1.87. The van der Waals surface area contributed by atoms with Crippen LogP contribution in [0.3, 0.4) is 0 Å². The van der Waals surface area contributed by atoms with Crippen LogP contribution in [-0.4, -0.2) is 55.9 Å². The highest BCUT2D eigenvalue weighted by Gasteiger charge is 2.17. The van der Waals surface area contributed by atoms with Crippen LogP contribution >= 0.6 is 0 Å². The van der Waals surface area contributed by atoms with Gasteiger partial charge in [-0.25, -0.2) is 0 Å². The molecule has 5 heteroatoms. The maximum absolute atomic E-state index is 12.4. The van der Waals surface area contributed by atoms with E-state index in [9.17, 15) is 9.90 Å². The lowest BCUT2D eigenvalue weighted by Crippen LogP contribution is -2.36. The molecule has 3 N–H and O–H groups in total. The Kier molecular flexibility index (Phi) is 6.89. The average molecular weight is 290 g/mol. The van der Waals surface area contributed by atoms with Crippen LogP contribution in [0.4, 0.5) is 0 Å². The number of nitrogens with zero attached hydrogens (tertiary/aromatic N) is 1. The second-order valence-electron chi connectivity index (χ2n) is 4.83. The number of methoxy groups -OCH3 is 1. The summed E-state index contributed by atoms with van der Waals surface area (Å²) in [5, 5.41) is 9.70. The van der Waals surface area contributed by atoms with Gasteiger partial charge in [0.05, 0.1) is 19.3 Å². The van der Waals surface area contributed by atoms with E-state index in [2.05, 4.69) is 11.8 Å². The van der Waals surface area contributed by atoms with Gasteiger partial charge in [0.2, 0.25) is 0 Å². The molecule has 0 aliphatic heterocycles. The molecule has 0 saturated heterocycles. The van der Waals surface area contributed by atoms with Gasteiger partial charge in [-0.2, -0.15) is 0 Å². The van der Waals surface area contributed by atoms with Crippen LogP contribution in [0.2, 0.25) is 0 Å². The number of aliphatic hydroxyl groups is 1. The van der Waals surface area contributed by atoms with Crippen LogP contribution in [0.25, 0.3) is 0 Å². The number of aliphatic hydroxyl groups excluding tert-OH is 1. The van der Waals surface area contributed by atoms with Crippen LogP contribution in [0, 0.1) is 18.8 Å². The largest absolute Gasteiger partial charge is 0.389 e. The third-order valence-electron chi connectivity index (χ3n) is 2.99. The normalized spacial score (nSPS) is 11.5. The molecule has 0 spiro atoms. The summed E-state index contributed by atoms with van der Waals surface area (Å²) in [7, 11) is 3.16. The molecule has 0 heterocycles. The lowest BCUT2D eigenvalue weighted by atomic mass is 10.0. The quantitative estimate of drug-likeness (QED) is 0.769. The molecule has 1 amide bonds. The van der Waals surface area contributed by atoms with Crippen LogP contribution < -0.4 is 5.73 Å². The van der Waals surface area contributed by atoms with Crippen molar-refractivity contribution in [3.05, 3.63) is 34.9 Å². The number of amides is 1. The number of hydrogen-bond acceptors (Lipinski definition) is 4. The van der Waals surface area contributed by atoms with E-state index < -0.39 is 6.10 Å². The zero-order valence-corrected chi connectivity index (χ0v) is 12.7. The first kappa shape index (κ1) is 17.2. The summed E-state index contributed by atoms with van der Waals surface area (Å²) in [5.74, 6) is 5.52. The lowest BCUT2D eigenvalue weighted by Gasteiger charge is -2.21. The number of likely N-dealkylation sites (N-methyl/N-ethyl adjacent to an activating group) is 1. The van der Waals surface area contributed by atoms with Crippen LogP contribution in [0.1, 0.15) is 21.5 Å². The van der Waals surface area contributed by atoms with Crippen LogP contribution in [-0.2, 0) is 4.74 Å². The minimum atomic E-state index is -0.704. The van der Waals surface area contributed by atoms with Gasteiger partial charge in [-0.1, -0.05) is 17.9 Å². The summed E-state index contributed by atoms with van der Waals surface area (Å²) in [4.78, 5) is 13.9. The first-order chi connectivity index (χ1) is 9.99. The number of nitrogens with two attached hydrogens (primary N) is 1. The zero-order valence-electron chi connectivity index (χ0n) is 12.7. The molecule has 0 saturated carbocycles. The third-order valence-corrected chi connectivity index (χ3v) is 2.99. The molecule has 1 rings (SSSR count). The molecule has 0 aromatic heterocycles. The summed E-state index contributed by atoms with van der Waals surface area (Å²) in [6.45, 7) is 2.55. The second-order valence-corrected chi connectivity index (χ2v) is 4.83. The molecule has 0 aliphatic carbocycles. The lowest BCUT2D eigenvalue weighted by molar-refractivity contribution is 0.0380. The van der Waals surface area contributed by atoms with Gasteiger partial charge in [0.15, 0.2) is 0 Å². The predicted octanol–water partition coefficient (Wildman–Crippen LogP) is 0.385. The van der Waals surface area contributed by atoms with Crippen molar-refractivity contribution in [3.63, 3.8) is 0 Å². The fourth-order valence-corrected chi connectivity index (χ4v) is 1.93. The molecular weight excluding hydrogens is 268 g/mol. The van der Waals surface area contributed by atoms with Crippen LogP contribution in [0.5, 0.6) is 0 Å². The van der Waals surface area contributed by atoms with Crippen molar-refractivity contribution >= 4 is 5.91 Å². The van der Waals surface area contributed by atoms with Gasteiger partial charge < -0.3 is 20.5 Å². The number of benzene rings is 1. The summed E-state index contributed by atoms with van der Waals surface area (Å²) in [5.41, 5.74) is 7.54. The second kappa shape index (κ2) is 8.42. The van der Waals surface area contributed by atoms with Gasteiger partial charge in [0, 0.05) is 31.8 Å². The number of rotatable bonds is 5. The van der Waals surface area contributed by atoms with E-state index in [1.54, 1.807) is 13.1 Å². The number of ether oxygens (including phenoxy) is 1. The first-order valence-corrected chi connectivity index (χ1v) is 6.71. The SMILES string of the molecule is COCC(O)CN(C)C(=O)c1cc(C#CCN)ccc1C.